The van der Waals surface area contributed by atoms with E-state index in [2.05, 4.69) is 60.0 Å². The van der Waals surface area contributed by atoms with Crippen molar-refractivity contribution in [3.8, 4) is 0 Å². The summed E-state index contributed by atoms with van der Waals surface area (Å²) in [5.74, 6) is 0.447. The van der Waals surface area contributed by atoms with E-state index in [9.17, 15) is 9.59 Å². The Kier molecular flexibility index (Phi) is 6.71. The second kappa shape index (κ2) is 9.77. The lowest BCUT2D eigenvalue weighted by molar-refractivity contribution is -0.148. The SMILES string of the molecule is Cc1cccc(C2(C(=O)N3CC[C@@]4(C)[C@@H]3CCCCC(=O)N4Cc3ccccc3)CCOCC2)c1. The summed E-state index contributed by atoms with van der Waals surface area (Å²) in [4.78, 5) is 32.2. The Hall–Kier alpha value is -2.66. The van der Waals surface area contributed by atoms with Gasteiger partial charge in [0.25, 0.3) is 0 Å². The maximum atomic E-state index is 14.5. The molecule has 0 aromatic heterocycles. The summed E-state index contributed by atoms with van der Waals surface area (Å²) in [5, 5.41) is 0. The highest BCUT2D eigenvalue weighted by Crippen LogP contribution is 2.44. The number of hydrogen-bond acceptors (Lipinski definition) is 3. The van der Waals surface area contributed by atoms with Gasteiger partial charge < -0.3 is 14.5 Å². The number of ether oxygens (including phenoxy) is 1. The maximum Gasteiger partial charge on any atom is 0.233 e. The van der Waals surface area contributed by atoms with Gasteiger partial charge in [0.15, 0.2) is 0 Å². The summed E-state index contributed by atoms with van der Waals surface area (Å²) in [6, 6.07) is 18.8. The molecule has 3 heterocycles. The molecule has 0 spiro atoms. The molecule has 0 bridgehead atoms. The van der Waals surface area contributed by atoms with Crippen molar-refractivity contribution in [3.63, 3.8) is 0 Å². The van der Waals surface area contributed by atoms with E-state index in [-0.39, 0.29) is 23.4 Å². The summed E-state index contributed by atoms with van der Waals surface area (Å²) in [6.45, 7) is 6.83. The number of amides is 2. The van der Waals surface area contributed by atoms with Gasteiger partial charge in [0.05, 0.1) is 17.0 Å². The zero-order chi connectivity index (χ0) is 24.5. The van der Waals surface area contributed by atoms with Crippen LogP contribution in [0.2, 0.25) is 0 Å². The molecule has 3 aliphatic heterocycles. The number of hydrogen-bond donors (Lipinski definition) is 0. The first-order valence-corrected chi connectivity index (χ1v) is 13.2. The highest BCUT2D eigenvalue weighted by atomic mass is 16.5. The van der Waals surface area contributed by atoms with E-state index in [1.165, 1.54) is 5.56 Å². The van der Waals surface area contributed by atoms with Gasteiger partial charge in [-0.25, -0.2) is 0 Å². The van der Waals surface area contributed by atoms with Gasteiger partial charge in [0.1, 0.15) is 0 Å². The number of rotatable bonds is 4. The van der Waals surface area contributed by atoms with Crippen LogP contribution < -0.4 is 0 Å². The van der Waals surface area contributed by atoms with Crippen molar-refractivity contribution >= 4 is 11.8 Å². The number of carbonyl (C=O) groups excluding carboxylic acids is 2. The van der Waals surface area contributed by atoms with E-state index >= 15 is 0 Å². The molecule has 3 fully saturated rings. The molecule has 3 aliphatic rings. The number of benzene rings is 2. The summed E-state index contributed by atoms with van der Waals surface area (Å²) < 4.78 is 5.73. The Labute approximate surface area is 209 Å². The first-order chi connectivity index (χ1) is 16.9. The second-order valence-electron chi connectivity index (χ2n) is 10.9. The molecule has 0 radical (unpaired) electrons. The van der Waals surface area contributed by atoms with Crippen molar-refractivity contribution in [1.29, 1.82) is 0 Å². The van der Waals surface area contributed by atoms with Crippen LogP contribution >= 0.6 is 0 Å². The van der Waals surface area contributed by atoms with Gasteiger partial charge in [-0.2, -0.15) is 0 Å². The zero-order valence-electron chi connectivity index (χ0n) is 21.2. The highest BCUT2D eigenvalue weighted by Gasteiger charge is 2.55. The first-order valence-electron chi connectivity index (χ1n) is 13.2. The fourth-order valence-corrected chi connectivity index (χ4v) is 6.66. The maximum absolute atomic E-state index is 14.5. The lowest BCUT2D eigenvalue weighted by Crippen LogP contribution is -2.60. The van der Waals surface area contributed by atoms with Gasteiger partial charge in [-0.05, 0) is 57.1 Å². The minimum atomic E-state index is -0.549. The van der Waals surface area contributed by atoms with Crippen molar-refractivity contribution in [3.05, 3.63) is 71.3 Å². The third-order valence-electron chi connectivity index (χ3n) is 8.76. The van der Waals surface area contributed by atoms with E-state index in [0.717, 1.165) is 36.8 Å². The zero-order valence-corrected chi connectivity index (χ0v) is 21.2. The predicted molar refractivity (Wildman–Crippen MR) is 137 cm³/mol. The number of fused-ring (bicyclic) bond motifs is 1. The smallest absolute Gasteiger partial charge is 0.233 e. The average Bonchev–Trinajstić information content (AvgIpc) is 3.21. The van der Waals surface area contributed by atoms with Gasteiger partial charge in [-0.3, -0.25) is 9.59 Å². The molecule has 3 saturated heterocycles. The minimum absolute atomic E-state index is 0.0347. The third-order valence-corrected chi connectivity index (χ3v) is 8.76. The number of nitrogens with zero attached hydrogens (tertiary/aromatic N) is 2. The van der Waals surface area contributed by atoms with Crippen LogP contribution in [0.15, 0.2) is 54.6 Å². The Morgan fingerprint density at radius 1 is 1.03 bits per heavy atom. The van der Waals surface area contributed by atoms with Crippen LogP contribution in [0, 0.1) is 6.92 Å². The van der Waals surface area contributed by atoms with Gasteiger partial charge in [-0.15, -0.1) is 0 Å². The van der Waals surface area contributed by atoms with Gasteiger partial charge in [0, 0.05) is 32.7 Å². The Morgan fingerprint density at radius 3 is 2.54 bits per heavy atom. The molecule has 186 valence electrons. The average molecular weight is 475 g/mol. The molecule has 2 aromatic rings. The Bertz CT molecular complexity index is 1060. The third kappa shape index (κ3) is 4.40. The predicted octanol–water partition coefficient (Wildman–Crippen LogP) is 5.01. The molecule has 0 aliphatic carbocycles. The summed E-state index contributed by atoms with van der Waals surface area (Å²) in [7, 11) is 0. The normalized spacial score (nSPS) is 26.7. The topological polar surface area (TPSA) is 49.9 Å². The van der Waals surface area contributed by atoms with Crippen LogP contribution in [0.4, 0.5) is 0 Å². The van der Waals surface area contributed by atoms with Crippen molar-refractivity contribution in [1.82, 2.24) is 9.80 Å². The second-order valence-corrected chi connectivity index (χ2v) is 10.9. The monoisotopic (exact) mass is 474 g/mol. The molecule has 0 unspecified atom stereocenters. The van der Waals surface area contributed by atoms with Crippen molar-refractivity contribution in [2.45, 2.75) is 82.3 Å². The fraction of sp³-hybridized carbons (Fsp3) is 0.533. The minimum Gasteiger partial charge on any atom is -0.381 e. The lowest BCUT2D eigenvalue weighted by atomic mass is 9.72. The van der Waals surface area contributed by atoms with Crippen LogP contribution in [0.1, 0.15) is 68.6 Å². The van der Waals surface area contributed by atoms with E-state index in [0.29, 0.717) is 45.6 Å². The van der Waals surface area contributed by atoms with Gasteiger partial charge in [-0.1, -0.05) is 66.6 Å². The summed E-state index contributed by atoms with van der Waals surface area (Å²) in [6.07, 6.45) is 5.64. The largest absolute Gasteiger partial charge is 0.381 e. The first kappa shape index (κ1) is 24.1. The molecule has 2 amide bonds. The molecular weight excluding hydrogens is 436 g/mol. The van der Waals surface area contributed by atoms with Gasteiger partial charge >= 0.3 is 0 Å². The number of aryl methyl sites for hydroxylation is 1. The molecule has 0 saturated carbocycles. The highest BCUT2D eigenvalue weighted by molar-refractivity contribution is 5.89. The fourth-order valence-electron chi connectivity index (χ4n) is 6.66. The Morgan fingerprint density at radius 2 is 1.80 bits per heavy atom. The molecule has 2 aromatic carbocycles. The van der Waals surface area contributed by atoms with Crippen LogP contribution in [-0.2, 0) is 26.3 Å². The van der Waals surface area contributed by atoms with Crippen LogP contribution in [0.25, 0.3) is 0 Å². The molecule has 5 nitrogen and oxygen atoms in total. The van der Waals surface area contributed by atoms with Crippen molar-refractivity contribution < 1.29 is 14.3 Å². The molecule has 0 N–H and O–H groups in total. The van der Waals surface area contributed by atoms with E-state index in [1.54, 1.807) is 0 Å². The van der Waals surface area contributed by atoms with Crippen LogP contribution in [0.3, 0.4) is 0 Å². The van der Waals surface area contributed by atoms with E-state index in [1.807, 2.05) is 18.2 Å². The van der Waals surface area contributed by atoms with Crippen LogP contribution in [0.5, 0.6) is 0 Å². The van der Waals surface area contributed by atoms with Crippen molar-refractivity contribution in [2.75, 3.05) is 19.8 Å². The molecule has 5 rings (SSSR count). The lowest BCUT2D eigenvalue weighted by Gasteiger charge is -2.47. The number of likely N-dealkylation sites (tertiary alicyclic amines) is 2. The molecular formula is C30H38N2O3. The van der Waals surface area contributed by atoms with E-state index < -0.39 is 5.41 Å². The van der Waals surface area contributed by atoms with Crippen molar-refractivity contribution in [2.24, 2.45) is 0 Å². The molecule has 5 heteroatoms. The molecule has 2 atom stereocenters. The van der Waals surface area contributed by atoms with Gasteiger partial charge in [0.2, 0.25) is 11.8 Å². The molecule has 35 heavy (non-hydrogen) atoms. The summed E-state index contributed by atoms with van der Waals surface area (Å²) >= 11 is 0. The number of carbonyl (C=O) groups is 2. The summed E-state index contributed by atoms with van der Waals surface area (Å²) in [5.41, 5.74) is 2.53. The Balaban J connectivity index is 1.50. The quantitative estimate of drug-likeness (QED) is 0.626. The standard InChI is InChI=1S/C30H38N2O3/c1-23-9-8-12-25(21-23)30(16-19-35-20-17-30)28(34)31-18-15-29(2)26(31)13-6-7-14-27(33)32(29)22-24-10-4-3-5-11-24/h3-5,8-12,21,26H,6-7,13-20,22H2,1-2H3/t26-,29-/m0/s1. The van der Waals surface area contributed by atoms with E-state index in [4.69, 9.17) is 4.74 Å². The van der Waals surface area contributed by atoms with Crippen LogP contribution in [-0.4, -0.2) is 53.0 Å².